The molecule has 0 saturated carbocycles. The van der Waals surface area contributed by atoms with Crippen LogP contribution in [0, 0.1) is 17.8 Å². The first kappa shape index (κ1) is 13.1. The van der Waals surface area contributed by atoms with Gasteiger partial charge in [-0.15, -0.1) is 0 Å². The van der Waals surface area contributed by atoms with E-state index >= 15 is 0 Å². The van der Waals surface area contributed by atoms with Crippen molar-refractivity contribution in [1.29, 1.82) is 0 Å². The summed E-state index contributed by atoms with van der Waals surface area (Å²) in [4.78, 5) is 14.9. The molecule has 0 bridgehead atoms. The Kier molecular flexibility index (Phi) is 3.34. The van der Waals surface area contributed by atoms with Gasteiger partial charge in [0.05, 0.1) is 5.92 Å². The summed E-state index contributed by atoms with van der Waals surface area (Å²) in [6.45, 7) is 4.57. The maximum atomic E-state index is 12.8. The van der Waals surface area contributed by atoms with Gasteiger partial charge in [-0.2, -0.15) is 0 Å². The molecule has 3 aliphatic heterocycles. The molecular formula is C17H22N2O2. The molecule has 3 atom stereocenters. The van der Waals surface area contributed by atoms with Crippen molar-refractivity contribution in [1.82, 2.24) is 10.2 Å². The van der Waals surface area contributed by atoms with Crippen LogP contribution in [-0.2, 0) is 11.2 Å². The topological polar surface area (TPSA) is 41.6 Å². The molecule has 4 nitrogen and oxygen atoms in total. The highest BCUT2D eigenvalue weighted by atomic mass is 16.5. The van der Waals surface area contributed by atoms with Crippen LogP contribution in [0.5, 0.6) is 5.75 Å². The van der Waals surface area contributed by atoms with E-state index in [2.05, 4.69) is 16.3 Å². The Morgan fingerprint density at radius 3 is 3.05 bits per heavy atom. The molecule has 3 unspecified atom stereocenters. The van der Waals surface area contributed by atoms with Crippen molar-refractivity contribution in [2.45, 2.75) is 12.8 Å². The molecule has 2 fully saturated rings. The van der Waals surface area contributed by atoms with Gasteiger partial charge in [0, 0.05) is 13.1 Å². The minimum absolute atomic E-state index is 0.00851. The number of carbonyl (C=O) groups excluding carboxylic acids is 1. The van der Waals surface area contributed by atoms with Crippen LogP contribution < -0.4 is 10.1 Å². The Morgan fingerprint density at radius 1 is 1.24 bits per heavy atom. The second kappa shape index (κ2) is 5.34. The molecule has 1 N–H and O–H groups in total. The summed E-state index contributed by atoms with van der Waals surface area (Å²) in [6, 6.07) is 8.07. The molecule has 0 radical (unpaired) electrons. The molecular weight excluding hydrogens is 264 g/mol. The number of hydrogen-bond acceptors (Lipinski definition) is 3. The first-order valence-electron chi connectivity index (χ1n) is 8.01. The first-order chi connectivity index (χ1) is 10.3. The van der Waals surface area contributed by atoms with Crippen molar-refractivity contribution in [2.75, 3.05) is 32.8 Å². The van der Waals surface area contributed by atoms with E-state index in [4.69, 9.17) is 4.74 Å². The van der Waals surface area contributed by atoms with Gasteiger partial charge in [-0.3, -0.25) is 4.79 Å². The number of carbonyl (C=O) groups is 1. The van der Waals surface area contributed by atoms with Crippen molar-refractivity contribution in [3.05, 3.63) is 29.8 Å². The molecule has 4 rings (SSSR count). The Bertz CT molecular complexity index is 545. The van der Waals surface area contributed by atoms with E-state index in [-0.39, 0.29) is 11.8 Å². The normalized spacial score (nSPS) is 31.2. The van der Waals surface area contributed by atoms with Crippen molar-refractivity contribution in [2.24, 2.45) is 17.8 Å². The van der Waals surface area contributed by atoms with E-state index < -0.39 is 0 Å². The van der Waals surface area contributed by atoms with Crippen LogP contribution in [0.3, 0.4) is 0 Å². The number of fused-ring (bicyclic) bond motifs is 2. The first-order valence-corrected chi connectivity index (χ1v) is 8.01. The number of hydrogen-bond donors (Lipinski definition) is 1. The molecule has 0 aromatic heterocycles. The lowest BCUT2D eigenvalue weighted by Crippen LogP contribution is -2.47. The van der Waals surface area contributed by atoms with E-state index in [1.165, 1.54) is 5.56 Å². The summed E-state index contributed by atoms with van der Waals surface area (Å²) in [6.07, 6.45) is 1.96. The lowest BCUT2D eigenvalue weighted by molar-refractivity contribution is -0.139. The Hall–Kier alpha value is -1.55. The van der Waals surface area contributed by atoms with E-state index in [9.17, 15) is 4.79 Å². The van der Waals surface area contributed by atoms with E-state index in [1.54, 1.807) is 0 Å². The fourth-order valence-electron chi connectivity index (χ4n) is 3.98. The predicted octanol–water partition coefficient (Wildman–Crippen LogP) is 1.31. The zero-order valence-corrected chi connectivity index (χ0v) is 12.3. The molecule has 4 heteroatoms. The van der Waals surface area contributed by atoms with Crippen LogP contribution in [0.2, 0.25) is 0 Å². The summed E-state index contributed by atoms with van der Waals surface area (Å²) in [5.41, 5.74) is 1.17. The lowest BCUT2D eigenvalue weighted by Gasteiger charge is -2.37. The lowest BCUT2D eigenvalue weighted by atomic mass is 9.87. The average molecular weight is 286 g/mol. The molecule has 1 aromatic rings. The summed E-state index contributed by atoms with van der Waals surface area (Å²) in [7, 11) is 0. The summed E-state index contributed by atoms with van der Waals surface area (Å²) < 4.78 is 5.77. The molecule has 3 aliphatic rings. The van der Waals surface area contributed by atoms with E-state index in [0.717, 1.165) is 50.7 Å². The van der Waals surface area contributed by atoms with Crippen LogP contribution in [0.15, 0.2) is 24.3 Å². The Balaban J connectivity index is 1.44. The van der Waals surface area contributed by atoms with E-state index in [0.29, 0.717) is 12.5 Å². The molecule has 21 heavy (non-hydrogen) atoms. The highest BCUT2D eigenvalue weighted by Crippen LogP contribution is 2.31. The minimum atomic E-state index is -0.00851. The number of para-hydroxylation sites is 1. The Morgan fingerprint density at radius 2 is 2.10 bits per heavy atom. The van der Waals surface area contributed by atoms with Crippen molar-refractivity contribution in [3.63, 3.8) is 0 Å². The SMILES string of the molecule is O=C(C1COc2ccccc2C1)N1CCC2CNCC2C1. The van der Waals surface area contributed by atoms with Gasteiger partial charge in [0.2, 0.25) is 5.91 Å². The zero-order chi connectivity index (χ0) is 14.2. The van der Waals surface area contributed by atoms with Crippen LogP contribution in [0.4, 0.5) is 0 Å². The van der Waals surface area contributed by atoms with Crippen molar-refractivity contribution >= 4 is 5.91 Å². The van der Waals surface area contributed by atoms with Gasteiger partial charge >= 0.3 is 0 Å². The third-order valence-corrected chi connectivity index (χ3v) is 5.24. The van der Waals surface area contributed by atoms with Crippen molar-refractivity contribution in [3.8, 4) is 5.75 Å². The second-order valence-electron chi connectivity index (χ2n) is 6.57. The third kappa shape index (κ3) is 2.42. The molecule has 0 spiro atoms. The maximum absolute atomic E-state index is 12.8. The van der Waals surface area contributed by atoms with E-state index in [1.807, 2.05) is 18.2 Å². The van der Waals surface area contributed by atoms with Crippen LogP contribution in [0.1, 0.15) is 12.0 Å². The maximum Gasteiger partial charge on any atom is 0.229 e. The smallest absolute Gasteiger partial charge is 0.229 e. The monoisotopic (exact) mass is 286 g/mol. The van der Waals surface area contributed by atoms with Gasteiger partial charge in [0.1, 0.15) is 12.4 Å². The number of nitrogens with one attached hydrogen (secondary N) is 1. The second-order valence-corrected chi connectivity index (χ2v) is 6.57. The number of nitrogens with zero attached hydrogens (tertiary/aromatic N) is 1. The van der Waals surface area contributed by atoms with Gasteiger partial charge in [-0.05, 0) is 49.4 Å². The molecule has 0 aliphatic carbocycles. The van der Waals surface area contributed by atoms with Crippen molar-refractivity contribution < 1.29 is 9.53 Å². The third-order valence-electron chi connectivity index (χ3n) is 5.24. The van der Waals surface area contributed by atoms with Gasteiger partial charge in [-0.25, -0.2) is 0 Å². The Labute approximate surface area is 125 Å². The van der Waals surface area contributed by atoms with Gasteiger partial charge < -0.3 is 15.0 Å². The molecule has 2 saturated heterocycles. The summed E-state index contributed by atoms with van der Waals surface area (Å²) >= 11 is 0. The number of benzene rings is 1. The molecule has 112 valence electrons. The van der Waals surface area contributed by atoms with Gasteiger partial charge in [0.25, 0.3) is 0 Å². The predicted molar refractivity (Wildman–Crippen MR) is 80.2 cm³/mol. The van der Waals surface area contributed by atoms with Gasteiger partial charge in [0.15, 0.2) is 0 Å². The summed E-state index contributed by atoms with van der Waals surface area (Å²) in [5, 5.41) is 3.45. The highest BCUT2D eigenvalue weighted by Gasteiger charge is 2.37. The van der Waals surface area contributed by atoms with Crippen LogP contribution >= 0.6 is 0 Å². The fraction of sp³-hybridized carbons (Fsp3) is 0.588. The van der Waals surface area contributed by atoms with Crippen LogP contribution in [0.25, 0.3) is 0 Å². The van der Waals surface area contributed by atoms with Crippen LogP contribution in [-0.4, -0.2) is 43.6 Å². The molecule has 1 aromatic carbocycles. The largest absolute Gasteiger partial charge is 0.492 e. The fourth-order valence-corrected chi connectivity index (χ4v) is 3.98. The number of ether oxygens (including phenoxy) is 1. The molecule has 3 heterocycles. The number of piperidine rings is 1. The number of amides is 1. The number of rotatable bonds is 1. The average Bonchev–Trinajstić information content (AvgIpc) is 3.01. The quantitative estimate of drug-likeness (QED) is 0.846. The van der Waals surface area contributed by atoms with Gasteiger partial charge in [-0.1, -0.05) is 18.2 Å². The zero-order valence-electron chi connectivity index (χ0n) is 12.3. The highest BCUT2D eigenvalue weighted by molar-refractivity contribution is 5.80. The standard InChI is InChI=1S/C17H22N2O2/c20-17(19-6-5-13-8-18-9-15(13)10-19)14-7-12-3-1-2-4-16(12)21-11-14/h1-4,13-15,18H,5-11H2. The molecule has 1 amide bonds. The minimum Gasteiger partial charge on any atom is -0.492 e. The summed E-state index contributed by atoms with van der Waals surface area (Å²) in [5.74, 6) is 2.65. The number of likely N-dealkylation sites (tertiary alicyclic amines) is 1.